The number of benzene rings is 8. The van der Waals surface area contributed by atoms with Crippen molar-refractivity contribution in [3.8, 4) is 50.7 Å². The second-order valence-electron chi connectivity index (χ2n) is 14.8. The van der Waals surface area contributed by atoms with Crippen molar-refractivity contribution in [2.24, 2.45) is 0 Å². The predicted molar refractivity (Wildman–Crippen MR) is 231 cm³/mol. The first kappa shape index (κ1) is 31.0. The van der Waals surface area contributed by atoms with Gasteiger partial charge < -0.3 is 9.13 Å². The molecule has 0 saturated heterocycles. The van der Waals surface area contributed by atoms with Crippen molar-refractivity contribution in [3.63, 3.8) is 0 Å². The molecule has 0 bridgehead atoms. The fraction of sp³-hybridized carbons (Fsp3) is 0.0192. The van der Waals surface area contributed by atoms with Crippen molar-refractivity contribution < 1.29 is 0 Å². The van der Waals surface area contributed by atoms with Gasteiger partial charge in [0.25, 0.3) is 0 Å². The van der Waals surface area contributed by atoms with Gasteiger partial charge in [0.1, 0.15) is 5.82 Å². The molecule has 0 spiro atoms. The van der Waals surface area contributed by atoms with Gasteiger partial charge in [0.05, 0.1) is 39.1 Å². The standard InChI is InChI=1S/C52H34N4/c1-4-14-34(15-5-1)52-51(37-26-29-49-44(32-37)42-21-11-13-23-47(42)55(49)40-18-8-3-9-19-40)53-50-33-38-30-35(24-27-45(38)56(50)52)36-25-28-48-43(31-36)41-20-10-12-22-46(41)54(48)39-16-6-2-7-17-39/h1-32H,33H2. The second kappa shape index (κ2) is 12.0. The quantitative estimate of drug-likeness (QED) is 0.174. The van der Waals surface area contributed by atoms with Crippen LogP contribution in [0.25, 0.3) is 94.3 Å². The molecule has 12 rings (SSSR count). The fourth-order valence-electron chi connectivity index (χ4n) is 9.19. The summed E-state index contributed by atoms with van der Waals surface area (Å²) >= 11 is 0. The van der Waals surface area contributed by atoms with Crippen molar-refractivity contribution in [3.05, 3.63) is 206 Å². The Balaban J connectivity index is 0.993. The Morgan fingerprint density at radius 1 is 0.357 bits per heavy atom. The number of aromatic nitrogens is 4. The molecule has 4 nitrogen and oxygen atoms in total. The summed E-state index contributed by atoms with van der Waals surface area (Å²) in [4.78, 5) is 5.47. The van der Waals surface area contributed by atoms with Gasteiger partial charge in [-0.05, 0) is 89.5 Å². The molecule has 11 aromatic rings. The van der Waals surface area contributed by atoms with Crippen LogP contribution in [0, 0.1) is 0 Å². The van der Waals surface area contributed by atoms with E-state index in [4.69, 9.17) is 4.98 Å². The molecule has 1 aliphatic rings. The monoisotopic (exact) mass is 714 g/mol. The molecule has 4 heterocycles. The summed E-state index contributed by atoms with van der Waals surface area (Å²) in [5, 5.41) is 4.98. The summed E-state index contributed by atoms with van der Waals surface area (Å²) in [5.74, 6) is 1.07. The fourth-order valence-corrected chi connectivity index (χ4v) is 9.19. The zero-order valence-corrected chi connectivity index (χ0v) is 30.5. The van der Waals surface area contributed by atoms with E-state index in [1.54, 1.807) is 0 Å². The number of fused-ring (bicyclic) bond motifs is 9. The van der Waals surface area contributed by atoms with E-state index in [0.29, 0.717) is 0 Å². The minimum absolute atomic E-state index is 0.772. The van der Waals surface area contributed by atoms with Crippen LogP contribution >= 0.6 is 0 Å². The van der Waals surface area contributed by atoms with Crippen molar-refractivity contribution in [1.82, 2.24) is 18.7 Å². The largest absolute Gasteiger partial charge is 0.309 e. The van der Waals surface area contributed by atoms with Crippen LogP contribution in [0.2, 0.25) is 0 Å². The minimum Gasteiger partial charge on any atom is -0.309 e. The second-order valence-corrected chi connectivity index (χ2v) is 14.8. The third kappa shape index (κ3) is 4.56. The SMILES string of the molecule is c1ccc(-c2c(-c3ccc4c(c3)c3ccccc3n4-c3ccccc3)nc3n2-c2ccc(-c4ccc5c(c4)c4ccccc4n5-c4ccccc4)cc2C3)cc1. The van der Waals surface area contributed by atoms with Crippen molar-refractivity contribution >= 4 is 43.6 Å². The highest BCUT2D eigenvalue weighted by Crippen LogP contribution is 2.43. The Morgan fingerprint density at radius 2 is 0.839 bits per heavy atom. The normalized spacial score (nSPS) is 12.2. The smallest absolute Gasteiger partial charge is 0.119 e. The molecule has 4 heteroatoms. The van der Waals surface area contributed by atoms with E-state index in [9.17, 15) is 0 Å². The topological polar surface area (TPSA) is 27.7 Å². The summed E-state index contributed by atoms with van der Waals surface area (Å²) in [7, 11) is 0. The summed E-state index contributed by atoms with van der Waals surface area (Å²) < 4.78 is 7.14. The van der Waals surface area contributed by atoms with Crippen molar-refractivity contribution in [2.45, 2.75) is 6.42 Å². The summed E-state index contributed by atoms with van der Waals surface area (Å²) in [6, 6.07) is 70.2. The highest BCUT2D eigenvalue weighted by Gasteiger charge is 2.28. The number of para-hydroxylation sites is 4. The molecule has 0 saturated carbocycles. The minimum atomic E-state index is 0.772. The van der Waals surface area contributed by atoms with E-state index in [2.05, 4.69) is 208 Å². The predicted octanol–water partition coefficient (Wildman–Crippen LogP) is 13.0. The van der Waals surface area contributed by atoms with E-state index >= 15 is 0 Å². The van der Waals surface area contributed by atoms with Crippen LogP contribution in [0.15, 0.2) is 194 Å². The average molecular weight is 715 g/mol. The Kier molecular flexibility index (Phi) is 6.66. The van der Waals surface area contributed by atoms with Gasteiger partial charge in [-0.3, -0.25) is 4.57 Å². The Hall–Kier alpha value is -7.43. The zero-order chi connectivity index (χ0) is 36.7. The molecule has 0 atom stereocenters. The number of rotatable bonds is 5. The van der Waals surface area contributed by atoms with E-state index in [1.807, 2.05) is 0 Å². The van der Waals surface area contributed by atoms with Crippen LogP contribution in [0.5, 0.6) is 0 Å². The van der Waals surface area contributed by atoms with Crippen LogP contribution in [-0.2, 0) is 6.42 Å². The van der Waals surface area contributed by atoms with Gasteiger partial charge in [-0.2, -0.15) is 0 Å². The Morgan fingerprint density at radius 3 is 1.46 bits per heavy atom. The number of imidazole rings is 1. The van der Waals surface area contributed by atoms with E-state index in [1.165, 1.54) is 71.7 Å². The first-order valence-electron chi connectivity index (χ1n) is 19.3. The lowest BCUT2D eigenvalue weighted by Gasteiger charge is -2.13. The van der Waals surface area contributed by atoms with E-state index in [-0.39, 0.29) is 0 Å². The van der Waals surface area contributed by atoms with Gasteiger partial charge in [-0.1, -0.05) is 121 Å². The molecule has 3 aromatic heterocycles. The Bertz CT molecular complexity index is 3310. The molecular weight excluding hydrogens is 681 g/mol. The maximum atomic E-state index is 5.47. The molecule has 0 radical (unpaired) electrons. The first-order chi connectivity index (χ1) is 27.8. The molecule has 0 unspecified atom stereocenters. The lowest BCUT2D eigenvalue weighted by Crippen LogP contribution is -1.97. The van der Waals surface area contributed by atoms with Crippen LogP contribution in [0.1, 0.15) is 11.4 Å². The molecule has 0 fully saturated rings. The Labute approximate surface area is 323 Å². The lowest BCUT2D eigenvalue weighted by molar-refractivity contribution is 1.00. The average Bonchev–Trinajstić information content (AvgIpc) is 4.00. The van der Waals surface area contributed by atoms with Gasteiger partial charge in [-0.15, -0.1) is 0 Å². The van der Waals surface area contributed by atoms with Crippen molar-refractivity contribution in [2.75, 3.05) is 0 Å². The maximum Gasteiger partial charge on any atom is 0.119 e. The maximum absolute atomic E-state index is 5.47. The van der Waals surface area contributed by atoms with Gasteiger partial charge >= 0.3 is 0 Å². The molecule has 262 valence electrons. The molecule has 0 amide bonds. The van der Waals surface area contributed by atoms with Crippen LogP contribution in [0.3, 0.4) is 0 Å². The number of hydrogen-bond donors (Lipinski definition) is 0. The van der Waals surface area contributed by atoms with E-state index < -0.39 is 0 Å². The summed E-state index contributed by atoms with van der Waals surface area (Å²) in [6.07, 6.45) is 0.772. The van der Waals surface area contributed by atoms with Gasteiger partial charge in [0.2, 0.25) is 0 Å². The molecule has 0 N–H and O–H groups in total. The van der Waals surface area contributed by atoms with Crippen LogP contribution in [0.4, 0.5) is 0 Å². The van der Waals surface area contributed by atoms with Gasteiger partial charge in [0, 0.05) is 50.5 Å². The molecule has 56 heavy (non-hydrogen) atoms. The molecular formula is C52H34N4. The highest BCUT2D eigenvalue weighted by atomic mass is 15.1. The highest BCUT2D eigenvalue weighted by molar-refractivity contribution is 6.11. The van der Waals surface area contributed by atoms with Crippen LogP contribution in [-0.4, -0.2) is 18.7 Å². The summed E-state index contributed by atoms with van der Waals surface area (Å²) in [5.41, 5.74) is 16.5. The van der Waals surface area contributed by atoms with Gasteiger partial charge in [-0.25, -0.2) is 4.98 Å². The van der Waals surface area contributed by atoms with Gasteiger partial charge in [0.15, 0.2) is 0 Å². The molecule has 0 aliphatic carbocycles. The molecule has 8 aromatic carbocycles. The zero-order valence-electron chi connectivity index (χ0n) is 30.5. The third-order valence-electron chi connectivity index (χ3n) is 11.6. The summed E-state index contributed by atoms with van der Waals surface area (Å²) in [6.45, 7) is 0. The third-order valence-corrected chi connectivity index (χ3v) is 11.6. The van der Waals surface area contributed by atoms with Crippen LogP contribution < -0.4 is 0 Å². The first-order valence-corrected chi connectivity index (χ1v) is 19.3. The lowest BCUT2D eigenvalue weighted by atomic mass is 9.99. The van der Waals surface area contributed by atoms with E-state index in [0.717, 1.165) is 40.4 Å². The van der Waals surface area contributed by atoms with Crippen molar-refractivity contribution in [1.29, 1.82) is 0 Å². The number of hydrogen-bond acceptors (Lipinski definition) is 1. The molecule has 1 aliphatic heterocycles. The number of nitrogens with zero attached hydrogens (tertiary/aromatic N) is 4.